The molecule has 2 N–H and O–H groups in total. The number of aromatic nitrogens is 1. The highest BCUT2D eigenvalue weighted by Crippen LogP contribution is 2.24. The summed E-state index contributed by atoms with van der Waals surface area (Å²) >= 11 is 0. The van der Waals surface area contributed by atoms with Crippen molar-refractivity contribution in [3.63, 3.8) is 0 Å². The van der Waals surface area contributed by atoms with E-state index in [2.05, 4.69) is 10.3 Å². The van der Waals surface area contributed by atoms with Gasteiger partial charge in [0.1, 0.15) is 0 Å². The fraction of sp³-hybridized carbons (Fsp3) is 0.250. The van der Waals surface area contributed by atoms with Crippen molar-refractivity contribution in [1.29, 1.82) is 0 Å². The topological polar surface area (TPSA) is 62.2 Å². The Morgan fingerprint density at radius 2 is 1.90 bits per heavy atom. The third-order valence-electron chi connectivity index (χ3n) is 3.67. The van der Waals surface area contributed by atoms with E-state index in [1.807, 2.05) is 30.5 Å². The van der Waals surface area contributed by atoms with Gasteiger partial charge in [-0.15, -0.1) is 0 Å². The first-order valence-corrected chi connectivity index (χ1v) is 6.77. The van der Waals surface area contributed by atoms with Crippen molar-refractivity contribution < 1.29 is 9.90 Å². The first-order valence-electron chi connectivity index (χ1n) is 6.77. The molecule has 1 aromatic carbocycles. The van der Waals surface area contributed by atoms with Gasteiger partial charge in [0.25, 0.3) is 0 Å². The first kappa shape index (κ1) is 12.8. The van der Waals surface area contributed by atoms with E-state index in [1.54, 1.807) is 12.1 Å². The number of pyridine rings is 1. The van der Waals surface area contributed by atoms with Gasteiger partial charge in [0, 0.05) is 17.8 Å². The van der Waals surface area contributed by atoms with Gasteiger partial charge in [0.15, 0.2) is 0 Å². The van der Waals surface area contributed by atoms with E-state index in [0.29, 0.717) is 11.6 Å². The highest BCUT2D eigenvalue weighted by Gasteiger charge is 2.17. The Morgan fingerprint density at radius 3 is 2.45 bits per heavy atom. The van der Waals surface area contributed by atoms with Crippen molar-refractivity contribution >= 4 is 5.97 Å². The Balaban J connectivity index is 1.81. The molecule has 0 saturated carbocycles. The molecule has 1 unspecified atom stereocenters. The third kappa shape index (κ3) is 2.56. The monoisotopic (exact) mass is 268 g/mol. The van der Waals surface area contributed by atoms with E-state index in [9.17, 15) is 4.79 Å². The van der Waals surface area contributed by atoms with Crippen LogP contribution in [0.15, 0.2) is 42.6 Å². The molecule has 1 atom stereocenters. The smallest absolute Gasteiger partial charge is 0.335 e. The van der Waals surface area contributed by atoms with Crippen LogP contribution in [0.1, 0.15) is 34.9 Å². The number of carboxylic acid groups (broad SMARTS) is 1. The molecule has 1 saturated heterocycles. The van der Waals surface area contributed by atoms with Crippen LogP contribution in [0.4, 0.5) is 0 Å². The van der Waals surface area contributed by atoms with Gasteiger partial charge in [-0.25, -0.2) is 4.79 Å². The summed E-state index contributed by atoms with van der Waals surface area (Å²) in [6, 6.07) is 11.3. The average Bonchev–Trinajstić information content (AvgIpc) is 3.02. The molecule has 102 valence electrons. The van der Waals surface area contributed by atoms with Gasteiger partial charge in [0.2, 0.25) is 0 Å². The summed E-state index contributed by atoms with van der Waals surface area (Å²) in [4.78, 5) is 15.3. The molecule has 0 bridgehead atoms. The first-order chi connectivity index (χ1) is 9.74. The lowest BCUT2D eigenvalue weighted by Crippen LogP contribution is -2.13. The molecule has 4 heteroatoms. The predicted molar refractivity (Wildman–Crippen MR) is 76.6 cm³/mol. The quantitative estimate of drug-likeness (QED) is 0.898. The normalized spacial score (nSPS) is 18.1. The molecule has 0 amide bonds. The molecule has 1 aliphatic heterocycles. The summed E-state index contributed by atoms with van der Waals surface area (Å²) in [6.07, 6.45) is 4.19. The van der Waals surface area contributed by atoms with Gasteiger partial charge in [0.05, 0.1) is 11.3 Å². The molecule has 4 nitrogen and oxygen atoms in total. The largest absolute Gasteiger partial charge is 0.478 e. The molecule has 20 heavy (non-hydrogen) atoms. The number of nitrogens with one attached hydrogen (secondary N) is 1. The zero-order valence-electron chi connectivity index (χ0n) is 11.0. The van der Waals surface area contributed by atoms with Crippen LogP contribution in [0.5, 0.6) is 0 Å². The van der Waals surface area contributed by atoms with Crippen LogP contribution in [-0.2, 0) is 0 Å². The van der Waals surface area contributed by atoms with Crippen molar-refractivity contribution in [1.82, 2.24) is 10.3 Å². The standard InChI is InChI=1S/C16H16N2O2/c19-16(20)12-5-3-11(4-6-12)13-7-8-15(18-10-13)14-2-1-9-17-14/h3-8,10,14,17H,1-2,9H2,(H,19,20). The number of aromatic carboxylic acids is 1. The van der Waals surface area contributed by atoms with Crippen LogP contribution in [0, 0.1) is 0 Å². The Hall–Kier alpha value is -2.20. The van der Waals surface area contributed by atoms with Crippen LogP contribution < -0.4 is 5.32 Å². The minimum atomic E-state index is -0.905. The number of carbonyl (C=O) groups is 1. The van der Waals surface area contributed by atoms with E-state index in [1.165, 1.54) is 6.42 Å². The van der Waals surface area contributed by atoms with E-state index in [0.717, 1.165) is 29.8 Å². The van der Waals surface area contributed by atoms with E-state index >= 15 is 0 Å². The SMILES string of the molecule is O=C(O)c1ccc(-c2ccc(C3CCCN3)nc2)cc1. The van der Waals surface area contributed by atoms with Crippen molar-refractivity contribution in [2.45, 2.75) is 18.9 Å². The molecule has 0 aliphatic carbocycles. The number of benzene rings is 1. The fourth-order valence-corrected chi connectivity index (χ4v) is 2.52. The second kappa shape index (κ2) is 5.43. The maximum absolute atomic E-state index is 10.8. The van der Waals surface area contributed by atoms with E-state index < -0.39 is 5.97 Å². The van der Waals surface area contributed by atoms with Crippen LogP contribution >= 0.6 is 0 Å². The number of rotatable bonds is 3. The summed E-state index contributed by atoms with van der Waals surface area (Å²) in [7, 11) is 0. The number of hydrogen-bond donors (Lipinski definition) is 2. The van der Waals surface area contributed by atoms with Gasteiger partial charge in [-0.3, -0.25) is 4.98 Å². The number of nitrogens with zero attached hydrogens (tertiary/aromatic N) is 1. The van der Waals surface area contributed by atoms with Crippen molar-refractivity contribution in [3.05, 3.63) is 53.9 Å². The maximum atomic E-state index is 10.8. The van der Waals surface area contributed by atoms with Crippen LogP contribution in [0.25, 0.3) is 11.1 Å². The van der Waals surface area contributed by atoms with Gasteiger partial charge in [-0.2, -0.15) is 0 Å². The molecular formula is C16H16N2O2. The average molecular weight is 268 g/mol. The van der Waals surface area contributed by atoms with Gasteiger partial charge in [-0.05, 0) is 43.1 Å². The van der Waals surface area contributed by atoms with Crippen LogP contribution in [0.3, 0.4) is 0 Å². The van der Waals surface area contributed by atoms with Crippen LogP contribution in [0.2, 0.25) is 0 Å². The number of carboxylic acids is 1. The van der Waals surface area contributed by atoms with E-state index in [4.69, 9.17) is 5.11 Å². The molecule has 1 fully saturated rings. The minimum Gasteiger partial charge on any atom is -0.478 e. The van der Waals surface area contributed by atoms with E-state index in [-0.39, 0.29) is 0 Å². The molecule has 0 spiro atoms. The zero-order valence-corrected chi connectivity index (χ0v) is 11.0. The van der Waals surface area contributed by atoms with Crippen LogP contribution in [-0.4, -0.2) is 22.6 Å². The van der Waals surface area contributed by atoms with Gasteiger partial charge < -0.3 is 10.4 Å². The Bertz CT molecular complexity index is 599. The third-order valence-corrected chi connectivity index (χ3v) is 3.67. The highest BCUT2D eigenvalue weighted by atomic mass is 16.4. The van der Waals surface area contributed by atoms with Crippen molar-refractivity contribution in [2.75, 3.05) is 6.54 Å². The van der Waals surface area contributed by atoms with Gasteiger partial charge >= 0.3 is 5.97 Å². The molecule has 1 aromatic heterocycles. The lowest BCUT2D eigenvalue weighted by atomic mass is 10.0. The molecule has 0 radical (unpaired) electrons. The highest BCUT2D eigenvalue weighted by molar-refractivity contribution is 5.88. The maximum Gasteiger partial charge on any atom is 0.335 e. The molecule has 3 rings (SSSR count). The lowest BCUT2D eigenvalue weighted by molar-refractivity contribution is 0.0697. The van der Waals surface area contributed by atoms with Gasteiger partial charge in [-0.1, -0.05) is 18.2 Å². The van der Waals surface area contributed by atoms with Crippen molar-refractivity contribution in [3.8, 4) is 11.1 Å². The summed E-state index contributed by atoms with van der Waals surface area (Å²) < 4.78 is 0. The summed E-state index contributed by atoms with van der Waals surface area (Å²) in [5.41, 5.74) is 3.36. The molecule has 2 aromatic rings. The summed E-state index contributed by atoms with van der Waals surface area (Å²) in [5, 5.41) is 12.3. The molecule has 1 aliphatic rings. The van der Waals surface area contributed by atoms with Crippen molar-refractivity contribution in [2.24, 2.45) is 0 Å². The Kier molecular flexibility index (Phi) is 3.48. The second-order valence-electron chi connectivity index (χ2n) is 5.00. The number of hydrogen-bond acceptors (Lipinski definition) is 3. The summed E-state index contributed by atoms with van der Waals surface area (Å²) in [5.74, 6) is -0.905. The molecule has 2 heterocycles. The molecular weight excluding hydrogens is 252 g/mol. The second-order valence-corrected chi connectivity index (χ2v) is 5.00. The predicted octanol–water partition coefficient (Wildman–Crippen LogP) is 2.87. The minimum absolute atomic E-state index is 0.300. The zero-order chi connectivity index (χ0) is 13.9. The summed E-state index contributed by atoms with van der Waals surface area (Å²) in [6.45, 7) is 1.06. The Morgan fingerprint density at radius 1 is 1.15 bits per heavy atom. The lowest BCUT2D eigenvalue weighted by Gasteiger charge is -2.10. The fourth-order valence-electron chi connectivity index (χ4n) is 2.52. The Labute approximate surface area is 117 Å².